The molecule has 1 heterocycles. The molecule has 2 aromatic rings. The van der Waals surface area contributed by atoms with Gasteiger partial charge in [0.05, 0.1) is 25.8 Å². The summed E-state index contributed by atoms with van der Waals surface area (Å²) >= 11 is 0. The van der Waals surface area contributed by atoms with Gasteiger partial charge in [0.2, 0.25) is 0 Å². The van der Waals surface area contributed by atoms with Crippen molar-refractivity contribution in [2.24, 2.45) is 4.99 Å². The zero-order chi connectivity index (χ0) is 21.9. The van der Waals surface area contributed by atoms with E-state index in [1.54, 1.807) is 6.92 Å². The van der Waals surface area contributed by atoms with E-state index in [0.29, 0.717) is 31.8 Å². The Morgan fingerprint density at radius 2 is 1.72 bits per heavy atom. The first-order valence-electron chi connectivity index (χ1n) is 11.1. The molecule has 3 rings (SSSR count). The molecule has 0 aliphatic carbocycles. The van der Waals surface area contributed by atoms with Crippen LogP contribution < -0.4 is 10.6 Å². The third-order valence-corrected chi connectivity index (χ3v) is 5.44. The van der Waals surface area contributed by atoms with Crippen molar-refractivity contribution in [1.82, 2.24) is 10.6 Å². The summed E-state index contributed by atoms with van der Waals surface area (Å²) in [6.45, 7) is 7.74. The predicted octanol–water partition coefficient (Wildman–Crippen LogP) is 3.96. The second-order valence-corrected chi connectivity index (χ2v) is 8.13. The molecule has 1 aliphatic heterocycles. The second-order valence-electron chi connectivity index (χ2n) is 8.13. The number of nitrogens with one attached hydrogen (secondary N) is 2. The first-order chi connectivity index (χ1) is 15.1. The van der Waals surface area contributed by atoms with Gasteiger partial charge in [0.25, 0.3) is 0 Å². The van der Waals surface area contributed by atoms with Gasteiger partial charge in [-0.05, 0) is 43.4 Å². The van der Waals surface area contributed by atoms with Crippen molar-refractivity contribution >= 4 is 29.9 Å². The molecular weight excluding hydrogens is 517 g/mol. The van der Waals surface area contributed by atoms with Crippen molar-refractivity contribution in [3.05, 3.63) is 71.3 Å². The van der Waals surface area contributed by atoms with Crippen molar-refractivity contribution in [2.45, 2.75) is 51.5 Å². The van der Waals surface area contributed by atoms with Gasteiger partial charge in [-0.1, -0.05) is 54.6 Å². The number of nitrogens with zero attached hydrogens (tertiary/aromatic N) is 1. The minimum atomic E-state index is -0.983. The Morgan fingerprint density at radius 3 is 2.38 bits per heavy atom. The molecule has 1 saturated heterocycles. The lowest BCUT2D eigenvalue weighted by atomic mass is 9.96. The molecule has 1 fully saturated rings. The van der Waals surface area contributed by atoms with E-state index in [-0.39, 0.29) is 24.0 Å². The lowest BCUT2D eigenvalue weighted by Gasteiger charge is -2.25. The van der Waals surface area contributed by atoms with Crippen molar-refractivity contribution < 1.29 is 14.6 Å². The van der Waals surface area contributed by atoms with E-state index < -0.39 is 5.60 Å². The molecule has 0 bridgehead atoms. The predicted molar refractivity (Wildman–Crippen MR) is 139 cm³/mol. The Hall–Kier alpha value is -1.68. The number of benzene rings is 2. The molecular formula is C25H36IN3O3. The molecule has 3 N–H and O–H groups in total. The van der Waals surface area contributed by atoms with Gasteiger partial charge in [0.15, 0.2) is 5.96 Å². The maximum Gasteiger partial charge on any atom is 0.191 e. The summed E-state index contributed by atoms with van der Waals surface area (Å²) in [6, 6.07) is 18.1. The van der Waals surface area contributed by atoms with E-state index in [2.05, 4.69) is 39.9 Å². The number of ether oxygens (including phenoxy) is 2. The number of halogens is 1. The number of guanidine groups is 1. The van der Waals surface area contributed by atoms with Crippen molar-refractivity contribution in [1.29, 1.82) is 0 Å². The topological polar surface area (TPSA) is 75.1 Å². The van der Waals surface area contributed by atoms with Crippen LogP contribution in [0.2, 0.25) is 0 Å². The van der Waals surface area contributed by atoms with E-state index in [1.807, 2.05) is 37.3 Å². The Labute approximate surface area is 208 Å². The second kappa shape index (κ2) is 13.8. The zero-order valence-electron chi connectivity index (χ0n) is 19.0. The van der Waals surface area contributed by atoms with E-state index in [1.165, 1.54) is 5.56 Å². The summed E-state index contributed by atoms with van der Waals surface area (Å²) in [4.78, 5) is 4.67. The molecule has 0 aromatic heterocycles. The average molecular weight is 553 g/mol. The number of hydrogen-bond donors (Lipinski definition) is 3. The summed E-state index contributed by atoms with van der Waals surface area (Å²) in [5, 5.41) is 17.3. The zero-order valence-corrected chi connectivity index (χ0v) is 21.4. The van der Waals surface area contributed by atoms with Crippen LogP contribution in [0.15, 0.2) is 59.6 Å². The maximum atomic E-state index is 10.8. The molecule has 0 amide bonds. The van der Waals surface area contributed by atoms with E-state index in [9.17, 15) is 5.11 Å². The maximum absolute atomic E-state index is 10.8. The summed E-state index contributed by atoms with van der Waals surface area (Å²) in [6.07, 6.45) is 2.26. The normalized spacial score (nSPS) is 16.7. The minimum Gasteiger partial charge on any atom is -0.384 e. The number of aliphatic imine (C=N–C) groups is 1. The fourth-order valence-corrected chi connectivity index (χ4v) is 3.46. The number of rotatable bonds is 9. The number of hydrogen-bond acceptors (Lipinski definition) is 4. The van der Waals surface area contributed by atoms with Gasteiger partial charge >= 0.3 is 0 Å². The van der Waals surface area contributed by atoms with Crippen LogP contribution in [0.4, 0.5) is 0 Å². The van der Waals surface area contributed by atoms with Gasteiger partial charge in [-0.25, -0.2) is 4.99 Å². The fourth-order valence-electron chi connectivity index (χ4n) is 3.46. The van der Waals surface area contributed by atoms with Gasteiger partial charge in [-0.3, -0.25) is 0 Å². The molecule has 6 nitrogen and oxygen atoms in total. The van der Waals surface area contributed by atoms with E-state index >= 15 is 0 Å². The van der Waals surface area contributed by atoms with Crippen molar-refractivity contribution in [3.8, 4) is 0 Å². The van der Waals surface area contributed by atoms with Crippen LogP contribution in [0.5, 0.6) is 0 Å². The summed E-state index contributed by atoms with van der Waals surface area (Å²) < 4.78 is 11.4. The van der Waals surface area contributed by atoms with Gasteiger partial charge in [0, 0.05) is 19.8 Å². The molecule has 0 saturated carbocycles. The van der Waals surface area contributed by atoms with Gasteiger partial charge in [-0.2, -0.15) is 0 Å². The van der Waals surface area contributed by atoms with Crippen LogP contribution in [0.3, 0.4) is 0 Å². The molecule has 0 spiro atoms. The fraction of sp³-hybridized carbons (Fsp3) is 0.480. The first kappa shape index (κ1) is 26.6. The van der Waals surface area contributed by atoms with Crippen LogP contribution in [-0.4, -0.2) is 43.5 Å². The highest BCUT2D eigenvalue weighted by Gasteiger charge is 2.23. The minimum absolute atomic E-state index is 0. The molecule has 1 unspecified atom stereocenters. The Bertz CT molecular complexity index is 807. The monoisotopic (exact) mass is 553 g/mol. The van der Waals surface area contributed by atoms with Gasteiger partial charge in [0.1, 0.15) is 5.60 Å². The van der Waals surface area contributed by atoms with Crippen LogP contribution in [0.25, 0.3) is 0 Å². The average Bonchev–Trinajstić information content (AvgIpc) is 2.81. The third-order valence-electron chi connectivity index (χ3n) is 5.44. The first-order valence-corrected chi connectivity index (χ1v) is 11.1. The number of aliphatic hydroxyl groups is 1. The Kier molecular flexibility index (Phi) is 11.4. The molecule has 0 radical (unpaired) electrons. The Morgan fingerprint density at radius 1 is 1.06 bits per heavy atom. The lowest BCUT2D eigenvalue weighted by molar-refractivity contribution is -0.0390. The highest BCUT2D eigenvalue weighted by Crippen LogP contribution is 2.19. The lowest BCUT2D eigenvalue weighted by Crippen LogP contribution is -2.44. The van der Waals surface area contributed by atoms with Crippen molar-refractivity contribution in [2.75, 3.05) is 26.3 Å². The van der Waals surface area contributed by atoms with Gasteiger partial charge in [-0.15, -0.1) is 24.0 Å². The van der Waals surface area contributed by atoms with E-state index in [4.69, 9.17) is 9.47 Å². The third kappa shape index (κ3) is 8.69. The smallest absolute Gasteiger partial charge is 0.191 e. The van der Waals surface area contributed by atoms with Crippen LogP contribution in [0, 0.1) is 0 Å². The SMILES string of the molecule is CCNC(=NCc1ccc(COC2CCOCC2)cc1)NCC(C)(O)c1ccccc1.I. The van der Waals surface area contributed by atoms with Crippen LogP contribution in [0.1, 0.15) is 43.4 Å². The molecule has 32 heavy (non-hydrogen) atoms. The quantitative estimate of drug-likeness (QED) is 0.249. The molecule has 176 valence electrons. The van der Waals surface area contributed by atoms with Crippen LogP contribution in [-0.2, 0) is 28.2 Å². The highest BCUT2D eigenvalue weighted by molar-refractivity contribution is 14.0. The molecule has 7 heteroatoms. The summed E-state index contributed by atoms with van der Waals surface area (Å²) in [7, 11) is 0. The molecule has 2 aromatic carbocycles. The molecule has 1 atom stereocenters. The van der Waals surface area contributed by atoms with Crippen LogP contribution >= 0.6 is 24.0 Å². The van der Waals surface area contributed by atoms with Gasteiger partial charge < -0.3 is 25.2 Å². The highest BCUT2D eigenvalue weighted by atomic mass is 127. The Balaban J connectivity index is 0.00000363. The summed E-state index contributed by atoms with van der Waals surface area (Å²) in [5.41, 5.74) is 2.19. The molecule has 1 aliphatic rings. The standard InChI is InChI=1S/C25H35N3O3.HI/c1-3-26-24(28-19-25(2,29)22-7-5-4-6-8-22)27-17-20-9-11-21(12-10-20)18-31-23-13-15-30-16-14-23;/h4-12,23,29H,3,13-19H2,1-2H3,(H2,26,27,28);1H. The van der Waals surface area contributed by atoms with Crippen molar-refractivity contribution in [3.63, 3.8) is 0 Å². The largest absolute Gasteiger partial charge is 0.384 e. The summed E-state index contributed by atoms with van der Waals surface area (Å²) in [5.74, 6) is 0.686. The van der Waals surface area contributed by atoms with E-state index in [0.717, 1.165) is 43.7 Å².